The zero-order chi connectivity index (χ0) is 11.4. The molecule has 1 aromatic carbocycles. The molecule has 1 saturated heterocycles. The number of rotatable bonds is 3. The summed E-state index contributed by atoms with van der Waals surface area (Å²) in [5.41, 5.74) is 5.69. The second-order valence-electron chi connectivity index (χ2n) is 4.29. The Bertz CT molecular complexity index is 359. The summed E-state index contributed by atoms with van der Waals surface area (Å²) in [4.78, 5) is 11.5. The number of nitrogens with one attached hydrogen (secondary N) is 1. The molecule has 0 radical (unpaired) electrons. The van der Waals surface area contributed by atoms with Crippen molar-refractivity contribution in [3.8, 4) is 0 Å². The van der Waals surface area contributed by atoms with Crippen molar-refractivity contribution >= 4 is 5.91 Å². The van der Waals surface area contributed by atoms with Crippen LogP contribution in [0.5, 0.6) is 0 Å². The second kappa shape index (κ2) is 5.12. The van der Waals surface area contributed by atoms with Crippen LogP contribution in [0.4, 0.5) is 0 Å². The predicted molar refractivity (Wildman–Crippen MR) is 63.8 cm³/mol. The van der Waals surface area contributed by atoms with Crippen LogP contribution < -0.4 is 5.43 Å². The number of hydrogen-bond donors (Lipinski definition) is 1. The number of aryl methyl sites for hydroxylation is 1. The Morgan fingerprint density at radius 1 is 1.31 bits per heavy atom. The first kappa shape index (κ1) is 11.1. The van der Waals surface area contributed by atoms with E-state index < -0.39 is 0 Å². The van der Waals surface area contributed by atoms with Gasteiger partial charge in [-0.3, -0.25) is 9.80 Å². The van der Waals surface area contributed by atoms with Gasteiger partial charge in [0.15, 0.2) is 0 Å². The van der Waals surface area contributed by atoms with E-state index in [0.29, 0.717) is 6.42 Å². The monoisotopic (exact) mass is 218 g/mol. The fraction of sp³-hybridized carbons (Fsp3) is 0.462. The Labute approximate surface area is 96.4 Å². The van der Waals surface area contributed by atoms with E-state index in [1.54, 1.807) is 5.01 Å². The molecule has 16 heavy (non-hydrogen) atoms. The van der Waals surface area contributed by atoms with Crippen molar-refractivity contribution in [2.24, 2.45) is 0 Å². The first-order chi connectivity index (χ1) is 7.75. The van der Waals surface area contributed by atoms with E-state index in [1.165, 1.54) is 11.1 Å². The summed E-state index contributed by atoms with van der Waals surface area (Å²) in [6.45, 7) is 3.76. The van der Waals surface area contributed by atoms with Crippen molar-refractivity contribution in [1.82, 2.24) is 10.4 Å². The summed E-state index contributed by atoms with van der Waals surface area (Å²) in [5, 5.41) is 1.75. The van der Waals surface area contributed by atoms with Crippen LogP contribution >= 0.6 is 0 Å². The lowest BCUT2D eigenvalue weighted by atomic mass is 10.1. The maximum absolute atomic E-state index is 11.5. The van der Waals surface area contributed by atoms with E-state index in [-0.39, 0.29) is 5.91 Å². The lowest BCUT2D eigenvalue weighted by Gasteiger charge is -2.27. The molecule has 1 fully saturated rings. The molecule has 0 aromatic heterocycles. The molecule has 1 heterocycles. The van der Waals surface area contributed by atoms with Gasteiger partial charge < -0.3 is 0 Å². The summed E-state index contributed by atoms with van der Waals surface area (Å²) in [7, 11) is 0. The molecule has 1 aliphatic rings. The smallest absolute Gasteiger partial charge is 0.236 e. The molecule has 1 N–H and O–H groups in total. The van der Waals surface area contributed by atoms with E-state index in [0.717, 1.165) is 25.9 Å². The molecule has 0 aliphatic carbocycles. The largest absolute Gasteiger partial charge is 0.278 e. The van der Waals surface area contributed by atoms with Gasteiger partial charge in [-0.05, 0) is 25.3 Å². The average molecular weight is 218 g/mol. The number of nitrogens with zero attached hydrogens (tertiary/aromatic N) is 1. The van der Waals surface area contributed by atoms with Gasteiger partial charge in [-0.1, -0.05) is 29.8 Å². The van der Waals surface area contributed by atoms with Crippen molar-refractivity contribution in [1.29, 1.82) is 0 Å². The Balaban J connectivity index is 1.86. The average Bonchev–Trinajstić information content (AvgIpc) is 2.30. The highest BCUT2D eigenvalue weighted by Gasteiger charge is 2.16. The molecule has 0 bridgehead atoms. The molecule has 1 aliphatic heterocycles. The molecular weight excluding hydrogens is 200 g/mol. The minimum atomic E-state index is 0.221. The molecule has 0 atom stereocenters. The van der Waals surface area contributed by atoms with Crippen LogP contribution in [0, 0.1) is 6.92 Å². The van der Waals surface area contributed by atoms with Gasteiger partial charge in [0, 0.05) is 19.5 Å². The van der Waals surface area contributed by atoms with Crippen LogP contribution in [0.2, 0.25) is 0 Å². The lowest BCUT2D eigenvalue weighted by Crippen LogP contribution is -2.47. The standard InChI is InChI=1S/C13H18N2O/c1-11-4-6-12(7-5-11)8-10-15-13(16)3-2-9-14-15/h4-7,14H,2-3,8-10H2,1H3. The zero-order valence-electron chi connectivity index (χ0n) is 9.70. The molecule has 86 valence electrons. The molecular formula is C13H18N2O. The Kier molecular flexibility index (Phi) is 3.57. The van der Waals surface area contributed by atoms with Gasteiger partial charge in [0.25, 0.3) is 0 Å². The van der Waals surface area contributed by atoms with Gasteiger partial charge in [0.1, 0.15) is 0 Å². The number of carbonyl (C=O) groups is 1. The van der Waals surface area contributed by atoms with E-state index in [9.17, 15) is 4.79 Å². The van der Waals surface area contributed by atoms with Gasteiger partial charge >= 0.3 is 0 Å². The van der Waals surface area contributed by atoms with Crippen LogP contribution in [0.25, 0.3) is 0 Å². The number of hydrazine groups is 1. The molecule has 0 spiro atoms. The topological polar surface area (TPSA) is 32.3 Å². The predicted octanol–water partition coefficient (Wildman–Crippen LogP) is 1.66. The first-order valence-electron chi connectivity index (χ1n) is 5.85. The van der Waals surface area contributed by atoms with Crippen LogP contribution in [-0.4, -0.2) is 24.0 Å². The number of carbonyl (C=O) groups excluding carboxylic acids is 1. The van der Waals surface area contributed by atoms with Gasteiger partial charge in [-0.25, -0.2) is 5.43 Å². The Morgan fingerprint density at radius 2 is 2.06 bits per heavy atom. The molecule has 3 heteroatoms. The highest BCUT2D eigenvalue weighted by Crippen LogP contribution is 2.07. The maximum Gasteiger partial charge on any atom is 0.236 e. The maximum atomic E-state index is 11.5. The molecule has 1 aromatic rings. The third-order valence-electron chi connectivity index (χ3n) is 2.92. The fourth-order valence-electron chi connectivity index (χ4n) is 1.88. The molecule has 2 rings (SSSR count). The quantitative estimate of drug-likeness (QED) is 0.837. The number of amides is 1. The van der Waals surface area contributed by atoms with Gasteiger partial charge in [0.2, 0.25) is 5.91 Å². The zero-order valence-corrected chi connectivity index (χ0v) is 9.70. The Hall–Kier alpha value is -1.35. The van der Waals surface area contributed by atoms with Crippen molar-refractivity contribution in [2.45, 2.75) is 26.2 Å². The van der Waals surface area contributed by atoms with Gasteiger partial charge in [-0.2, -0.15) is 0 Å². The Morgan fingerprint density at radius 3 is 2.75 bits per heavy atom. The third kappa shape index (κ3) is 2.83. The second-order valence-corrected chi connectivity index (χ2v) is 4.29. The summed E-state index contributed by atoms with van der Waals surface area (Å²) in [6.07, 6.45) is 2.56. The van der Waals surface area contributed by atoms with Crippen LogP contribution in [-0.2, 0) is 11.2 Å². The highest BCUT2D eigenvalue weighted by atomic mass is 16.2. The van der Waals surface area contributed by atoms with E-state index in [2.05, 4.69) is 36.6 Å². The number of hydrogen-bond acceptors (Lipinski definition) is 2. The highest BCUT2D eigenvalue weighted by molar-refractivity contribution is 5.76. The normalized spacial score (nSPS) is 16.6. The van der Waals surface area contributed by atoms with Crippen molar-refractivity contribution < 1.29 is 4.79 Å². The minimum absolute atomic E-state index is 0.221. The molecule has 1 amide bonds. The van der Waals surface area contributed by atoms with Crippen molar-refractivity contribution in [2.75, 3.05) is 13.1 Å². The summed E-state index contributed by atoms with van der Waals surface area (Å²) in [5.74, 6) is 0.221. The SMILES string of the molecule is Cc1ccc(CCN2NCCCC2=O)cc1. The minimum Gasteiger partial charge on any atom is -0.278 e. The molecule has 0 unspecified atom stereocenters. The van der Waals surface area contributed by atoms with E-state index in [4.69, 9.17) is 0 Å². The third-order valence-corrected chi connectivity index (χ3v) is 2.92. The first-order valence-corrected chi connectivity index (χ1v) is 5.85. The van der Waals surface area contributed by atoms with E-state index in [1.807, 2.05) is 0 Å². The molecule has 0 saturated carbocycles. The number of benzene rings is 1. The van der Waals surface area contributed by atoms with Crippen molar-refractivity contribution in [3.63, 3.8) is 0 Å². The fourth-order valence-corrected chi connectivity index (χ4v) is 1.88. The van der Waals surface area contributed by atoms with Gasteiger partial charge in [0.05, 0.1) is 0 Å². The summed E-state index contributed by atoms with van der Waals surface area (Å²) in [6, 6.07) is 8.48. The van der Waals surface area contributed by atoms with E-state index >= 15 is 0 Å². The van der Waals surface area contributed by atoms with Gasteiger partial charge in [-0.15, -0.1) is 0 Å². The van der Waals surface area contributed by atoms with Crippen LogP contribution in [0.1, 0.15) is 24.0 Å². The summed E-state index contributed by atoms with van der Waals surface area (Å²) < 4.78 is 0. The van der Waals surface area contributed by atoms with Crippen molar-refractivity contribution in [3.05, 3.63) is 35.4 Å². The summed E-state index contributed by atoms with van der Waals surface area (Å²) >= 11 is 0. The molecule has 3 nitrogen and oxygen atoms in total. The van der Waals surface area contributed by atoms with Crippen LogP contribution in [0.15, 0.2) is 24.3 Å². The van der Waals surface area contributed by atoms with Crippen LogP contribution in [0.3, 0.4) is 0 Å². The lowest BCUT2D eigenvalue weighted by molar-refractivity contribution is -0.136.